The first kappa shape index (κ1) is 25.5. The lowest BCUT2D eigenvalue weighted by atomic mass is 10.1. The molecular weight excluding hydrogens is 514 g/mol. The van der Waals surface area contributed by atoms with Crippen LogP contribution in [0, 0.1) is 10.1 Å². The Balaban J connectivity index is 1.41. The highest BCUT2D eigenvalue weighted by Crippen LogP contribution is 2.40. The third-order valence-electron chi connectivity index (χ3n) is 6.44. The minimum atomic E-state index is -3.73. The molecule has 12 heteroatoms. The van der Waals surface area contributed by atoms with E-state index in [4.69, 9.17) is 13.7 Å². The van der Waals surface area contributed by atoms with Crippen molar-refractivity contribution in [2.75, 3.05) is 30.1 Å². The highest BCUT2D eigenvalue weighted by molar-refractivity contribution is 7.85. The van der Waals surface area contributed by atoms with Crippen LogP contribution in [0.4, 0.5) is 17.1 Å². The Kier molecular flexibility index (Phi) is 6.67. The van der Waals surface area contributed by atoms with Crippen LogP contribution in [0.1, 0.15) is 27.0 Å². The molecule has 1 amide bonds. The smallest absolute Gasteiger partial charge is 0.270 e. The number of hydrogen-bond donors (Lipinski definition) is 1. The predicted molar refractivity (Wildman–Crippen MR) is 139 cm³/mol. The number of nitrogens with one attached hydrogen (secondary N) is 1. The number of nitrogens with zero attached hydrogens (tertiary/aromatic N) is 2. The van der Waals surface area contributed by atoms with Crippen LogP contribution in [0.15, 0.2) is 54.6 Å². The lowest BCUT2D eigenvalue weighted by Crippen LogP contribution is -2.39. The maximum absolute atomic E-state index is 13.6. The zero-order valence-electron chi connectivity index (χ0n) is 20.7. The van der Waals surface area contributed by atoms with Crippen LogP contribution < -0.4 is 19.7 Å². The summed E-state index contributed by atoms with van der Waals surface area (Å²) in [6.45, 7) is 0.134. The third kappa shape index (κ3) is 5.13. The summed E-state index contributed by atoms with van der Waals surface area (Å²) in [6.07, 6.45) is 1.66. The summed E-state index contributed by atoms with van der Waals surface area (Å²) in [6, 6.07) is 15.3. The van der Waals surface area contributed by atoms with E-state index >= 15 is 0 Å². The second-order valence-corrected chi connectivity index (χ2v) is 10.8. The molecule has 198 valence electrons. The lowest BCUT2D eigenvalue weighted by Gasteiger charge is -2.22. The van der Waals surface area contributed by atoms with E-state index in [-0.39, 0.29) is 30.9 Å². The van der Waals surface area contributed by atoms with Gasteiger partial charge in [-0.25, -0.2) is 0 Å². The van der Waals surface area contributed by atoms with Crippen molar-refractivity contribution in [3.05, 3.63) is 87.0 Å². The fraction of sp³-hybridized carbons (Fsp3) is 0.269. The van der Waals surface area contributed by atoms with E-state index in [9.17, 15) is 23.3 Å². The second kappa shape index (κ2) is 9.95. The van der Waals surface area contributed by atoms with Crippen LogP contribution in [0.2, 0.25) is 0 Å². The summed E-state index contributed by atoms with van der Waals surface area (Å²) < 4.78 is 39.0. The minimum absolute atomic E-state index is 0.0277. The van der Waals surface area contributed by atoms with Crippen molar-refractivity contribution in [3.63, 3.8) is 0 Å². The van der Waals surface area contributed by atoms with E-state index in [1.165, 1.54) is 19.2 Å². The second-order valence-electron chi connectivity index (χ2n) is 9.11. The van der Waals surface area contributed by atoms with Crippen molar-refractivity contribution in [1.82, 2.24) is 0 Å². The first-order valence-corrected chi connectivity index (χ1v) is 13.6. The quantitative estimate of drug-likeness (QED) is 0.258. The van der Waals surface area contributed by atoms with Gasteiger partial charge in [-0.3, -0.25) is 19.1 Å². The molecule has 2 aliphatic rings. The monoisotopic (exact) mass is 539 g/mol. The third-order valence-corrected chi connectivity index (χ3v) is 6.98. The molecule has 3 aromatic carbocycles. The molecule has 0 saturated carbocycles. The number of non-ortho nitro benzene ring substituents is 1. The number of hydrogen-bond acceptors (Lipinski definition) is 9. The number of para-hydroxylation sites is 1. The maximum atomic E-state index is 13.6. The molecular formula is C26H25N3O8S. The maximum Gasteiger partial charge on any atom is 0.270 e. The van der Waals surface area contributed by atoms with Gasteiger partial charge >= 0.3 is 0 Å². The molecule has 5 rings (SSSR count). The van der Waals surface area contributed by atoms with Crippen molar-refractivity contribution in [3.8, 4) is 11.5 Å². The number of benzene rings is 3. The molecule has 0 spiro atoms. The number of nitro benzene ring substituents is 1. The Morgan fingerprint density at radius 2 is 1.82 bits per heavy atom. The number of methoxy groups -OCH3 is 1. The van der Waals surface area contributed by atoms with E-state index in [1.54, 1.807) is 18.2 Å². The van der Waals surface area contributed by atoms with Gasteiger partial charge in [0.15, 0.2) is 11.5 Å². The van der Waals surface area contributed by atoms with Gasteiger partial charge in [-0.1, -0.05) is 18.2 Å². The summed E-state index contributed by atoms with van der Waals surface area (Å²) in [5.74, 6) is 0.532. The molecule has 0 saturated heterocycles. The van der Waals surface area contributed by atoms with Gasteiger partial charge in [-0.05, 0) is 41.3 Å². The molecule has 1 atom stereocenters. The van der Waals surface area contributed by atoms with Crippen molar-refractivity contribution in [1.29, 1.82) is 0 Å². The average molecular weight is 540 g/mol. The predicted octanol–water partition coefficient (Wildman–Crippen LogP) is 3.66. The van der Waals surface area contributed by atoms with Crippen LogP contribution >= 0.6 is 0 Å². The van der Waals surface area contributed by atoms with Crippen LogP contribution in [0.5, 0.6) is 11.5 Å². The molecule has 38 heavy (non-hydrogen) atoms. The molecule has 2 aliphatic heterocycles. The van der Waals surface area contributed by atoms with E-state index in [0.717, 1.165) is 23.9 Å². The molecule has 0 radical (unpaired) electrons. The fourth-order valence-electron chi connectivity index (χ4n) is 4.76. The van der Waals surface area contributed by atoms with Gasteiger partial charge in [-0.2, -0.15) is 8.42 Å². The Morgan fingerprint density at radius 3 is 2.53 bits per heavy atom. The topological polar surface area (TPSA) is 137 Å². The highest BCUT2D eigenvalue weighted by Gasteiger charge is 2.37. The van der Waals surface area contributed by atoms with Gasteiger partial charge in [0.1, 0.15) is 6.61 Å². The Morgan fingerprint density at radius 1 is 1.08 bits per heavy atom. The van der Waals surface area contributed by atoms with Crippen LogP contribution in [0.3, 0.4) is 0 Å². The standard InChI is InChI=1S/C26H25N3O8S/c1-35-24-11-21-22(27-13-20-10-18-5-3-4-6-23(18)28(20)26(21)30)12-25(24)36-14-16-7-17(15-37-38(2,33)34)9-19(8-16)29(31)32/h3-9,11-12,20,27H,10,13-15H2,1-2H3/t20-/m0/s1. The van der Waals surface area contributed by atoms with Gasteiger partial charge in [0, 0.05) is 30.4 Å². The molecule has 0 aliphatic carbocycles. The van der Waals surface area contributed by atoms with Gasteiger partial charge in [0.05, 0.1) is 42.2 Å². The summed E-state index contributed by atoms with van der Waals surface area (Å²) in [5, 5.41) is 14.8. The van der Waals surface area contributed by atoms with Crippen molar-refractivity contribution in [2.24, 2.45) is 0 Å². The van der Waals surface area contributed by atoms with E-state index in [2.05, 4.69) is 5.32 Å². The molecule has 1 N–H and O–H groups in total. The van der Waals surface area contributed by atoms with Gasteiger partial charge in [0.2, 0.25) is 0 Å². The summed E-state index contributed by atoms with van der Waals surface area (Å²) in [4.78, 5) is 26.2. The lowest BCUT2D eigenvalue weighted by molar-refractivity contribution is -0.385. The van der Waals surface area contributed by atoms with Crippen molar-refractivity contribution in [2.45, 2.75) is 25.7 Å². The van der Waals surface area contributed by atoms with Crippen LogP contribution in [-0.2, 0) is 33.9 Å². The number of rotatable bonds is 8. The molecule has 0 fully saturated rings. The van der Waals surface area contributed by atoms with Crippen LogP contribution in [-0.4, -0.2) is 45.2 Å². The molecule has 3 aromatic rings. The normalized spacial score (nSPS) is 16.1. The summed E-state index contributed by atoms with van der Waals surface area (Å²) in [5.41, 5.74) is 3.59. The van der Waals surface area contributed by atoms with E-state index in [0.29, 0.717) is 40.4 Å². The SMILES string of the molecule is COc1cc2c(cc1OCc1cc(COS(C)(=O)=O)cc([N+](=O)[O-])c1)NC[C@@H]1Cc3ccccc3N1C2=O. The number of carbonyl (C=O) groups excluding carboxylic acids is 1. The molecule has 0 bridgehead atoms. The van der Waals surface area contributed by atoms with E-state index in [1.807, 2.05) is 29.2 Å². The number of fused-ring (bicyclic) bond motifs is 4. The molecule has 11 nitrogen and oxygen atoms in total. The molecule has 0 aromatic heterocycles. The summed E-state index contributed by atoms with van der Waals surface area (Å²) in [7, 11) is -2.26. The number of amides is 1. The minimum Gasteiger partial charge on any atom is -0.493 e. The first-order chi connectivity index (χ1) is 18.1. The summed E-state index contributed by atoms with van der Waals surface area (Å²) >= 11 is 0. The highest BCUT2D eigenvalue weighted by atomic mass is 32.2. The number of nitro groups is 1. The van der Waals surface area contributed by atoms with Gasteiger partial charge in [-0.15, -0.1) is 0 Å². The fourth-order valence-corrected chi connectivity index (χ4v) is 5.11. The van der Waals surface area contributed by atoms with Crippen molar-refractivity contribution < 1.29 is 31.8 Å². The molecule has 2 heterocycles. The Labute approximate surface area is 219 Å². The number of ether oxygens (including phenoxy) is 2. The van der Waals surface area contributed by atoms with Gasteiger partial charge in [0.25, 0.3) is 21.7 Å². The van der Waals surface area contributed by atoms with E-state index < -0.39 is 15.0 Å². The zero-order valence-corrected chi connectivity index (χ0v) is 21.5. The first-order valence-electron chi connectivity index (χ1n) is 11.7. The Hall–Kier alpha value is -4.16. The number of carbonyl (C=O) groups is 1. The van der Waals surface area contributed by atoms with Crippen LogP contribution in [0.25, 0.3) is 0 Å². The van der Waals surface area contributed by atoms with Gasteiger partial charge < -0.3 is 19.7 Å². The average Bonchev–Trinajstić information content (AvgIpc) is 3.20. The Bertz CT molecular complexity index is 1540. The largest absolute Gasteiger partial charge is 0.493 e. The molecule has 0 unspecified atom stereocenters. The number of anilines is 2. The van der Waals surface area contributed by atoms with Crippen molar-refractivity contribution >= 4 is 33.1 Å². The zero-order chi connectivity index (χ0) is 27.0.